The number of rotatable bonds is 7. The first kappa shape index (κ1) is 18.1. The lowest BCUT2D eigenvalue weighted by Gasteiger charge is -2.36. The summed E-state index contributed by atoms with van der Waals surface area (Å²) in [4.78, 5) is 0. The Bertz CT molecular complexity index is 305. The molecule has 0 aromatic carbocycles. The SMILES string of the molecule is CCCC1CCC(COC2CCC(OCC)C(F)C2F)CC1. The van der Waals surface area contributed by atoms with Gasteiger partial charge in [-0.15, -0.1) is 0 Å². The molecule has 130 valence electrons. The zero-order chi connectivity index (χ0) is 15.9. The molecule has 2 aliphatic rings. The summed E-state index contributed by atoms with van der Waals surface area (Å²) in [6.45, 7) is 5.08. The highest BCUT2D eigenvalue weighted by molar-refractivity contribution is 4.90. The second-order valence-corrected chi connectivity index (χ2v) is 7.01. The molecule has 0 N–H and O–H groups in total. The molecule has 2 aliphatic carbocycles. The number of ether oxygens (including phenoxy) is 2. The van der Waals surface area contributed by atoms with Crippen LogP contribution < -0.4 is 0 Å². The summed E-state index contributed by atoms with van der Waals surface area (Å²) in [5.74, 6) is 1.40. The summed E-state index contributed by atoms with van der Waals surface area (Å²) >= 11 is 0. The molecule has 0 saturated heterocycles. The summed E-state index contributed by atoms with van der Waals surface area (Å²) in [7, 11) is 0. The lowest BCUT2D eigenvalue weighted by atomic mass is 9.80. The molecule has 0 amide bonds. The third kappa shape index (κ3) is 4.89. The first-order valence-electron chi connectivity index (χ1n) is 9.17. The number of halogens is 2. The van der Waals surface area contributed by atoms with Gasteiger partial charge in [0.15, 0.2) is 12.3 Å². The van der Waals surface area contributed by atoms with E-state index in [-0.39, 0.29) is 0 Å². The van der Waals surface area contributed by atoms with Gasteiger partial charge in [-0.3, -0.25) is 0 Å². The maximum Gasteiger partial charge on any atom is 0.160 e. The minimum Gasteiger partial charge on any atom is -0.375 e. The van der Waals surface area contributed by atoms with E-state index in [9.17, 15) is 8.78 Å². The second kappa shape index (κ2) is 9.17. The predicted molar refractivity (Wildman–Crippen MR) is 84.5 cm³/mol. The standard InChI is InChI=1S/C18H32F2O2/c1-3-5-13-6-8-14(9-7-13)12-22-16-11-10-15(21-4-2)17(19)18(16)20/h13-18H,3-12H2,1-2H3. The fraction of sp³-hybridized carbons (Fsp3) is 1.00. The van der Waals surface area contributed by atoms with E-state index in [2.05, 4.69) is 6.92 Å². The van der Waals surface area contributed by atoms with E-state index in [1.807, 2.05) is 6.92 Å². The van der Waals surface area contributed by atoms with Crippen LogP contribution in [0, 0.1) is 11.8 Å². The Morgan fingerprint density at radius 1 is 0.773 bits per heavy atom. The topological polar surface area (TPSA) is 18.5 Å². The maximum absolute atomic E-state index is 14.2. The molecule has 0 aromatic heterocycles. The Hall–Kier alpha value is -0.220. The molecule has 0 bridgehead atoms. The van der Waals surface area contributed by atoms with Gasteiger partial charge in [-0.1, -0.05) is 32.6 Å². The minimum absolute atomic E-state index is 0.435. The zero-order valence-electron chi connectivity index (χ0n) is 14.1. The van der Waals surface area contributed by atoms with Crippen molar-refractivity contribution in [3.8, 4) is 0 Å². The largest absolute Gasteiger partial charge is 0.375 e. The smallest absolute Gasteiger partial charge is 0.160 e. The Labute approximate surface area is 133 Å². The van der Waals surface area contributed by atoms with Gasteiger partial charge >= 0.3 is 0 Å². The number of alkyl halides is 2. The van der Waals surface area contributed by atoms with Gasteiger partial charge in [-0.2, -0.15) is 0 Å². The number of hydrogen-bond acceptors (Lipinski definition) is 2. The predicted octanol–water partition coefficient (Wildman–Crippen LogP) is 4.85. The molecule has 4 unspecified atom stereocenters. The fourth-order valence-electron chi connectivity index (χ4n) is 3.98. The van der Waals surface area contributed by atoms with Crippen molar-refractivity contribution in [2.75, 3.05) is 13.2 Å². The lowest BCUT2D eigenvalue weighted by molar-refractivity contribution is -0.122. The normalized spacial score (nSPS) is 39.8. The molecule has 0 aliphatic heterocycles. The molecule has 4 atom stereocenters. The van der Waals surface area contributed by atoms with Crippen molar-refractivity contribution >= 4 is 0 Å². The highest BCUT2D eigenvalue weighted by Crippen LogP contribution is 2.34. The van der Waals surface area contributed by atoms with Crippen LogP contribution in [0.15, 0.2) is 0 Å². The first-order valence-corrected chi connectivity index (χ1v) is 9.17. The van der Waals surface area contributed by atoms with Gasteiger partial charge in [-0.05, 0) is 44.4 Å². The molecule has 22 heavy (non-hydrogen) atoms. The molecule has 2 nitrogen and oxygen atoms in total. The van der Waals surface area contributed by atoms with Crippen LogP contribution >= 0.6 is 0 Å². The Morgan fingerprint density at radius 3 is 1.86 bits per heavy atom. The Kier molecular flexibility index (Phi) is 7.55. The van der Waals surface area contributed by atoms with Crippen LogP contribution in [0.4, 0.5) is 8.78 Å². The van der Waals surface area contributed by atoms with E-state index in [4.69, 9.17) is 9.47 Å². The van der Waals surface area contributed by atoms with Crippen molar-refractivity contribution in [3.05, 3.63) is 0 Å². The lowest BCUT2D eigenvalue weighted by Crippen LogP contribution is -2.47. The van der Waals surface area contributed by atoms with Crippen LogP contribution in [0.1, 0.15) is 65.2 Å². The average molecular weight is 318 g/mol. The van der Waals surface area contributed by atoms with Crippen LogP contribution in [0.3, 0.4) is 0 Å². The molecule has 0 radical (unpaired) electrons. The summed E-state index contributed by atoms with van der Waals surface area (Å²) in [5, 5.41) is 0. The molecule has 2 fully saturated rings. The fourth-order valence-corrected chi connectivity index (χ4v) is 3.98. The average Bonchev–Trinajstić information content (AvgIpc) is 2.53. The summed E-state index contributed by atoms with van der Waals surface area (Å²) in [6.07, 6.45) is 4.34. The quantitative estimate of drug-likeness (QED) is 0.668. The maximum atomic E-state index is 14.2. The van der Waals surface area contributed by atoms with Gasteiger partial charge in [0.2, 0.25) is 0 Å². The van der Waals surface area contributed by atoms with Crippen LogP contribution in [-0.2, 0) is 9.47 Å². The molecule has 2 rings (SSSR count). The van der Waals surface area contributed by atoms with E-state index in [0.29, 0.717) is 32.0 Å². The van der Waals surface area contributed by atoms with Crippen molar-refractivity contribution < 1.29 is 18.3 Å². The first-order chi connectivity index (χ1) is 10.7. The van der Waals surface area contributed by atoms with Crippen molar-refractivity contribution in [2.45, 2.75) is 89.8 Å². The molecular weight excluding hydrogens is 286 g/mol. The highest BCUT2D eigenvalue weighted by Gasteiger charge is 2.41. The van der Waals surface area contributed by atoms with Crippen molar-refractivity contribution in [3.63, 3.8) is 0 Å². The van der Waals surface area contributed by atoms with Gasteiger partial charge in [0.1, 0.15) is 0 Å². The van der Waals surface area contributed by atoms with Crippen LogP contribution in [-0.4, -0.2) is 37.8 Å². The van der Waals surface area contributed by atoms with Crippen LogP contribution in [0.5, 0.6) is 0 Å². The summed E-state index contributed by atoms with van der Waals surface area (Å²) in [5.41, 5.74) is 0. The van der Waals surface area contributed by atoms with E-state index < -0.39 is 24.6 Å². The summed E-state index contributed by atoms with van der Waals surface area (Å²) < 4.78 is 39.2. The molecule has 0 aromatic rings. The summed E-state index contributed by atoms with van der Waals surface area (Å²) in [6, 6.07) is 0. The molecular formula is C18H32F2O2. The monoisotopic (exact) mass is 318 g/mol. The molecule has 4 heteroatoms. The van der Waals surface area contributed by atoms with Gasteiger partial charge in [0.25, 0.3) is 0 Å². The molecule has 0 heterocycles. The minimum atomic E-state index is -1.54. The van der Waals surface area contributed by atoms with Gasteiger partial charge in [-0.25, -0.2) is 8.78 Å². The molecule has 2 saturated carbocycles. The molecule has 0 spiro atoms. The van der Waals surface area contributed by atoms with Gasteiger partial charge in [0, 0.05) is 13.2 Å². The second-order valence-electron chi connectivity index (χ2n) is 7.01. The highest BCUT2D eigenvalue weighted by atomic mass is 19.2. The number of hydrogen-bond donors (Lipinski definition) is 0. The van der Waals surface area contributed by atoms with Crippen molar-refractivity contribution in [2.24, 2.45) is 11.8 Å². The van der Waals surface area contributed by atoms with E-state index in [0.717, 1.165) is 5.92 Å². The third-order valence-corrected chi connectivity index (χ3v) is 5.34. The zero-order valence-corrected chi connectivity index (χ0v) is 14.1. The van der Waals surface area contributed by atoms with Crippen LogP contribution in [0.2, 0.25) is 0 Å². The Morgan fingerprint density at radius 2 is 1.32 bits per heavy atom. The van der Waals surface area contributed by atoms with Gasteiger partial charge in [0.05, 0.1) is 12.2 Å². The third-order valence-electron chi connectivity index (χ3n) is 5.34. The van der Waals surface area contributed by atoms with E-state index in [1.54, 1.807) is 0 Å². The van der Waals surface area contributed by atoms with Gasteiger partial charge < -0.3 is 9.47 Å². The van der Waals surface area contributed by atoms with E-state index in [1.165, 1.54) is 38.5 Å². The van der Waals surface area contributed by atoms with Crippen LogP contribution in [0.25, 0.3) is 0 Å². The van der Waals surface area contributed by atoms with Crippen molar-refractivity contribution in [1.29, 1.82) is 0 Å². The van der Waals surface area contributed by atoms with Crippen molar-refractivity contribution in [1.82, 2.24) is 0 Å². The Balaban J connectivity index is 1.69. The van der Waals surface area contributed by atoms with E-state index >= 15 is 0 Å².